The van der Waals surface area contributed by atoms with E-state index < -0.39 is 0 Å². The van der Waals surface area contributed by atoms with Crippen LogP contribution in [-0.4, -0.2) is 5.97 Å². The van der Waals surface area contributed by atoms with Crippen LogP contribution in [0.3, 0.4) is 0 Å². The molecule has 4 heteroatoms. The van der Waals surface area contributed by atoms with E-state index in [-0.39, 0.29) is 5.97 Å². The minimum absolute atomic E-state index is 0.283. The summed E-state index contributed by atoms with van der Waals surface area (Å²) < 4.78 is 9.48. The van der Waals surface area contributed by atoms with Crippen LogP contribution in [-0.2, 0) is 16.1 Å². The number of carbonyl (C=O) groups is 1. The van der Waals surface area contributed by atoms with Gasteiger partial charge in [0.25, 0.3) is 0 Å². The van der Waals surface area contributed by atoms with E-state index >= 15 is 0 Å². The Hall–Kier alpha value is -1.16. The van der Waals surface area contributed by atoms with Crippen LogP contribution in [0.1, 0.15) is 12.5 Å². The van der Waals surface area contributed by atoms with Gasteiger partial charge in [-0.05, 0) is 17.7 Å². The maximum Gasteiger partial charge on any atom is 0.302 e. The number of hydrogen-bond donors (Lipinski definition) is 1. The van der Waals surface area contributed by atoms with E-state index in [0.717, 1.165) is 5.56 Å². The molecule has 0 N–H and O–H groups in total. The highest BCUT2D eigenvalue weighted by molar-refractivity contribution is 7.75. The number of rotatable bonds is 3. The van der Waals surface area contributed by atoms with E-state index in [9.17, 15) is 4.79 Å². The van der Waals surface area contributed by atoms with Crippen molar-refractivity contribution >= 4 is 18.9 Å². The standard InChI is InChI=1S/C9H10O3S/c1-7(10)11-6-8-2-4-9(12-13)5-3-8/h2-5,13H,6H2,1H3. The molecule has 1 rings (SSSR count). The van der Waals surface area contributed by atoms with Crippen molar-refractivity contribution < 1.29 is 13.7 Å². The molecule has 0 heterocycles. The summed E-state index contributed by atoms with van der Waals surface area (Å²) in [6.07, 6.45) is 0. The van der Waals surface area contributed by atoms with Crippen LogP contribution in [0.5, 0.6) is 5.75 Å². The molecule has 1 aromatic carbocycles. The normalized spacial score (nSPS) is 9.38. The first kappa shape index (κ1) is 9.92. The summed E-state index contributed by atoms with van der Waals surface area (Å²) in [4.78, 5) is 10.5. The molecule has 0 amide bonds. The lowest BCUT2D eigenvalue weighted by molar-refractivity contribution is -0.142. The van der Waals surface area contributed by atoms with Crippen molar-refractivity contribution in [1.82, 2.24) is 0 Å². The van der Waals surface area contributed by atoms with Gasteiger partial charge >= 0.3 is 5.97 Å². The average Bonchev–Trinajstić information content (AvgIpc) is 2.15. The fraction of sp³-hybridized carbons (Fsp3) is 0.222. The molecule has 1 aromatic rings. The maximum atomic E-state index is 10.5. The molecule has 3 nitrogen and oxygen atoms in total. The molecule has 0 radical (unpaired) electrons. The number of thiol groups is 1. The minimum Gasteiger partial charge on any atom is -0.461 e. The topological polar surface area (TPSA) is 35.5 Å². The van der Waals surface area contributed by atoms with E-state index in [0.29, 0.717) is 12.4 Å². The quantitative estimate of drug-likeness (QED) is 0.458. The Balaban J connectivity index is 2.54. The first-order valence-electron chi connectivity index (χ1n) is 3.76. The lowest BCUT2D eigenvalue weighted by atomic mass is 10.2. The summed E-state index contributed by atoms with van der Waals surface area (Å²) in [5, 5.41) is 0. The molecule has 0 atom stereocenters. The molecule has 0 aliphatic carbocycles. The number of benzene rings is 1. The first-order valence-corrected chi connectivity index (χ1v) is 4.12. The van der Waals surface area contributed by atoms with Gasteiger partial charge in [-0.15, -0.1) is 0 Å². The van der Waals surface area contributed by atoms with Gasteiger partial charge in [0.05, 0.1) is 0 Å². The molecule has 0 saturated carbocycles. The third-order valence-corrected chi connectivity index (χ3v) is 1.68. The summed E-state index contributed by atoms with van der Waals surface area (Å²) >= 11 is 3.64. The highest BCUT2D eigenvalue weighted by atomic mass is 32.1. The highest BCUT2D eigenvalue weighted by Gasteiger charge is 1.96. The van der Waals surface area contributed by atoms with Gasteiger partial charge in [-0.1, -0.05) is 12.1 Å². The molecule has 0 spiro atoms. The number of hydrogen-bond acceptors (Lipinski definition) is 4. The Labute approximate surface area is 82.3 Å². The molecule has 70 valence electrons. The van der Waals surface area contributed by atoms with Gasteiger partial charge in [-0.25, -0.2) is 0 Å². The second-order valence-electron chi connectivity index (χ2n) is 2.52. The van der Waals surface area contributed by atoms with Gasteiger partial charge in [-0.3, -0.25) is 4.79 Å². The van der Waals surface area contributed by atoms with Crippen molar-refractivity contribution in [2.45, 2.75) is 13.5 Å². The molecule has 0 bridgehead atoms. The molecular weight excluding hydrogens is 188 g/mol. The van der Waals surface area contributed by atoms with E-state index in [2.05, 4.69) is 17.1 Å². The molecular formula is C9H10O3S. The Morgan fingerprint density at radius 3 is 2.46 bits per heavy atom. The van der Waals surface area contributed by atoms with Crippen molar-refractivity contribution in [3.05, 3.63) is 29.8 Å². The second kappa shape index (κ2) is 4.77. The zero-order valence-corrected chi connectivity index (χ0v) is 8.08. The van der Waals surface area contributed by atoms with E-state index in [1.165, 1.54) is 6.92 Å². The predicted octanol–water partition coefficient (Wildman–Crippen LogP) is 1.97. The lowest BCUT2D eigenvalue weighted by Gasteiger charge is -2.02. The summed E-state index contributed by atoms with van der Waals surface area (Å²) in [5.41, 5.74) is 0.921. The van der Waals surface area contributed by atoms with Crippen molar-refractivity contribution in [3.8, 4) is 5.75 Å². The predicted molar refractivity (Wildman–Crippen MR) is 51.5 cm³/mol. The molecule has 0 saturated heterocycles. The van der Waals surface area contributed by atoms with Crippen LogP contribution < -0.4 is 4.18 Å². The summed E-state index contributed by atoms with van der Waals surface area (Å²) in [5.74, 6) is 0.379. The maximum absolute atomic E-state index is 10.5. The Bertz CT molecular complexity index is 281. The van der Waals surface area contributed by atoms with Gasteiger partial charge in [0.2, 0.25) is 0 Å². The molecule has 0 fully saturated rings. The number of esters is 1. The van der Waals surface area contributed by atoms with Gasteiger partial charge in [0.15, 0.2) is 0 Å². The van der Waals surface area contributed by atoms with Crippen molar-refractivity contribution in [2.24, 2.45) is 0 Å². The lowest BCUT2D eigenvalue weighted by Crippen LogP contribution is -1.98. The Kier molecular flexibility index (Phi) is 3.64. The highest BCUT2D eigenvalue weighted by Crippen LogP contribution is 2.13. The zero-order valence-electron chi connectivity index (χ0n) is 7.19. The number of carbonyl (C=O) groups excluding carboxylic acids is 1. The smallest absolute Gasteiger partial charge is 0.302 e. The molecule has 0 aliphatic rings. The zero-order chi connectivity index (χ0) is 9.68. The average molecular weight is 198 g/mol. The SMILES string of the molecule is CC(=O)OCc1ccc(OS)cc1. The summed E-state index contributed by atoms with van der Waals surface area (Å²) in [6.45, 7) is 1.67. The monoisotopic (exact) mass is 198 g/mol. The van der Waals surface area contributed by atoms with Crippen LogP contribution in [0.4, 0.5) is 0 Å². The van der Waals surface area contributed by atoms with Crippen LogP contribution in [0.15, 0.2) is 24.3 Å². The molecule has 0 unspecified atom stereocenters. The first-order chi connectivity index (χ1) is 6.22. The van der Waals surface area contributed by atoms with Gasteiger partial charge in [-0.2, -0.15) is 0 Å². The number of ether oxygens (including phenoxy) is 1. The van der Waals surface area contributed by atoms with E-state index in [1.54, 1.807) is 12.1 Å². The third kappa shape index (κ3) is 3.38. The van der Waals surface area contributed by atoms with Gasteiger partial charge < -0.3 is 8.92 Å². The molecule has 13 heavy (non-hydrogen) atoms. The largest absolute Gasteiger partial charge is 0.461 e. The summed E-state index contributed by atoms with van der Waals surface area (Å²) in [6, 6.07) is 7.14. The van der Waals surface area contributed by atoms with Gasteiger partial charge in [0.1, 0.15) is 12.4 Å². The van der Waals surface area contributed by atoms with E-state index in [1.807, 2.05) is 12.1 Å². The second-order valence-corrected chi connectivity index (χ2v) is 2.70. The third-order valence-electron chi connectivity index (χ3n) is 1.47. The van der Waals surface area contributed by atoms with Crippen molar-refractivity contribution in [1.29, 1.82) is 0 Å². The van der Waals surface area contributed by atoms with Gasteiger partial charge in [0, 0.05) is 19.8 Å². The molecule has 0 aliphatic heterocycles. The minimum atomic E-state index is -0.283. The van der Waals surface area contributed by atoms with Crippen LogP contribution in [0.25, 0.3) is 0 Å². The fourth-order valence-corrected chi connectivity index (χ4v) is 0.953. The fourth-order valence-electron chi connectivity index (χ4n) is 0.832. The van der Waals surface area contributed by atoms with E-state index in [4.69, 9.17) is 4.74 Å². The summed E-state index contributed by atoms with van der Waals surface area (Å²) in [7, 11) is 0. The Morgan fingerprint density at radius 1 is 1.38 bits per heavy atom. The van der Waals surface area contributed by atoms with Crippen LogP contribution in [0, 0.1) is 0 Å². The van der Waals surface area contributed by atoms with Crippen LogP contribution >= 0.6 is 12.9 Å². The molecule has 0 aromatic heterocycles. The van der Waals surface area contributed by atoms with Crippen molar-refractivity contribution in [3.63, 3.8) is 0 Å². The Morgan fingerprint density at radius 2 is 2.00 bits per heavy atom. The van der Waals surface area contributed by atoms with Crippen molar-refractivity contribution in [2.75, 3.05) is 0 Å². The van der Waals surface area contributed by atoms with Crippen LogP contribution in [0.2, 0.25) is 0 Å².